The zero-order valence-electron chi connectivity index (χ0n) is 10.1. The lowest BCUT2D eigenvalue weighted by atomic mass is 10.3. The monoisotopic (exact) mass is 250 g/mol. The normalized spacial score (nSPS) is 15.1. The smallest absolute Gasteiger partial charge is 0.212 e. The van der Waals surface area contributed by atoms with E-state index in [1.807, 2.05) is 53.5 Å². The highest BCUT2D eigenvalue weighted by Crippen LogP contribution is 2.39. The molecule has 5 heteroatoms. The molecule has 0 atom stereocenters. The second-order valence-corrected chi connectivity index (χ2v) is 5.22. The summed E-state index contributed by atoms with van der Waals surface area (Å²) in [6, 6.07) is 8.02. The maximum atomic E-state index is 5.36. The highest BCUT2D eigenvalue weighted by Gasteiger charge is 2.21. The Bertz CT molecular complexity index is 407. The summed E-state index contributed by atoms with van der Waals surface area (Å²) in [4.78, 5) is 3.81. The summed E-state index contributed by atoms with van der Waals surface area (Å²) >= 11 is 0. The molecule has 0 N–H and O–H groups in total. The maximum absolute atomic E-state index is 5.36. The Morgan fingerprint density at radius 2 is 1.82 bits per heavy atom. The predicted molar refractivity (Wildman–Crippen MR) is 69.6 cm³/mol. The number of hydrogen-bond donors (Lipinski definition) is 0. The van der Waals surface area contributed by atoms with Crippen molar-refractivity contribution in [1.82, 2.24) is 4.90 Å². The van der Waals surface area contributed by atoms with Crippen LogP contribution in [0.5, 0.6) is 0 Å². The van der Waals surface area contributed by atoms with Crippen LogP contribution in [0.3, 0.4) is 0 Å². The van der Waals surface area contributed by atoms with Gasteiger partial charge in [-0.05, 0) is 12.1 Å². The third kappa shape index (κ3) is 2.60. The van der Waals surface area contributed by atoms with Crippen LogP contribution in [0.25, 0.3) is 0 Å². The minimum absolute atomic E-state index is 1.03. The Morgan fingerprint density at radius 3 is 2.41 bits per heavy atom. The molecule has 1 aliphatic heterocycles. The summed E-state index contributed by atoms with van der Waals surface area (Å²) in [6.07, 6.45) is 3.90. The lowest BCUT2D eigenvalue weighted by Gasteiger charge is -2.22. The van der Waals surface area contributed by atoms with Crippen molar-refractivity contribution in [3.05, 3.63) is 43.3 Å². The van der Waals surface area contributed by atoms with Gasteiger partial charge < -0.3 is 18.8 Å². The predicted octanol–water partition coefficient (Wildman–Crippen LogP) is 2.14. The average molecular weight is 250 g/mol. The highest BCUT2D eigenvalue weighted by atomic mass is 31.2. The first-order valence-electron chi connectivity index (χ1n) is 5.20. The van der Waals surface area contributed by atoms with Crippen molar-refractivity contribution in [2.24, 2.45) is 0 Å². The van der Waals surface area contributed by atoms with Crippen molar-refractivity contribution >= 4 is 19.4 Å². The summed E-state index contributed by atoms with van der Waals surface area (Å²) in [5.41, 5.74) is 1.03. The topological polar surface area (TPSA) is 24.9 Å². The summed E-state index contributed by atoms with van der Waals surface area (Å²) in [5.74, 6) is 0. The minimum atomic E-state index is -1.04. The molecule has 0 unspecified atom stereocenters. The molecule has 2 rings (SSSR count). The van der Waals surface area contributed by atoms with E-state index in [0.29, 0.717) is 0 Å². The van der Waals surface area contributed by atoms with Crippen LogP contribution in [-0.2, 0) is 9.05 Å². The maximum Gasteiger partial charge on any atom is 0.212 e. The minimum Gasteiger partial charge on any atom is -0.349 e. The van der Waals surface area contributed by atoms with Crippen molar-refractivity contribution in [2.45, 2.75) is 0 Å². The second kappa shape index (κ2) is 5.50. The van der Waals surface area contributed by atoms with Crippen molar-refractivity contribution in [1.29, 1.82) is 0 Å². The van der Waals surface area contributed by atoms with Gasteiger partial charge in [-0.1, -0.05) is 12.1 Å². The molecule has 0 aliphatic carbocycles. The molecule has 1 heterocycles. The van der Waals surface area contributed by atoms with Gasteiger partial charge >= 0.3 is 0 Å². The first-order chi connectivity index (χ1) is 8.26. The molecule has 90 valence electrons. The van der Waals surface area contributed by atoms with Gasteiger partial charge in [0.2, 0.25) is 15.0 Å². The molecule has 17 heavy (non-hydrogen) atoms. The number of para-hydroxylation sites is 1. The van der Waals surface area contributed by atoms with Gasteiger partial charge in [-0.25, -0.2) is 0 Å². The second-order valence-electron chi connectivity index (χ2n) is 3.49. The van der Waals surface area contributed by atoms with Gasteiger partial charge in [-0.15, -0.1) is 0 Å². The summed E-state index contributed by atoms with van der Waals surface area (Å²) in [7, 11) is 4.22. The molecule has 2 radical (unpaired) electrons. The van der Waals surface area contributed by atoms with E-state index in [-0.39, 0.29) is 0 Å². The first kappa shape index (κ1) is 12.4. The number of benzene rings is 1. The molecule has 1 aromatic rings. The third-order valence-electron chi connectivity index (χ3n) is 2.37. The molecule has 0 bridgehead atoms. The van der Waals surface area contributed by atoms with Crippen molar-refractivity contribution in [3.63, 3.8) is 0 Å². The fraction of sp³-hybridized carbons (Fsp3) is 0.250. The van der Waals surface area contributed by atoms with Gasteiger partial charge in [0.25, 0.3) is 0 Å². The number of anilines is 1. The van der Waals surface area contributed by atoms with Crippen LogP contribution in [0, 0.1) is 6.67 Å². The first-order valence-corrected chi connectivity index (χ1v) is 6.38. The van der Waals surface area contributed by atoms with E-state index in [0.717, 1.165) is 11.0 Å². The van der Waals surface area contributed by atoms with Crippen LogP contribution < -0.4 is 10.2 Å². The average Bonchev–Trinajstić information content (AvgIpc) is 2.78. The molecule has 0 saturated carbocycles. The van der Waals surface area contributed by atoms with Crippen LogP contribution >= 0.6 is 8.38 Å². The van der Waals surface area contributed by atoms with Gasteiger partial charge in [-0.2, -0.15) is 0 Å². The van der Waals surface area contributed by atoms with Crippen molar-refractivity contribution in [3.8, 4) is 0 Å². The number of nitrogens with zero attached hydrogens (tertiary/aromatic N) is 2. The highest BCUT2D eigenvalue weighted by molar-refractivity contribution is 7.56. The van der Waals surface area contributed by atoms with E-state index in [9.17, 15) is 0 Å². The van der Waals surface area contributed by atoms with E-state index < -0.39 is 8.38 Å². The van der Waals surface area contributed by atoms with Gasteiger partial charge in [0.15, 0.2) is 0 Å². The third-order valence-corrected chi connectivity index (χ3v) is 3.81. The lowest BCUT2D eigenvalue weighted by Crippen LogP contribution is -2.21. The Balaban J connectivity index is 2.30. The Labute approximate surface area is 103 Å². The Kier molecular flexibility index (Phi) is 4.00. The number of rotatable bonds is 4. The van der Waals surface area contributed by atoms with Gasteiger partial charge in [-0.3, -0.25) is 0 Å². The fourth-order valence-corrected chi connectivity index (χ4v) is 2.75. The Hall–Kier alpha value is -1.09. The molecule has 0 aromatic heterocycles. The van der Waals surface area contributed by atoms with Crippen LogP contribution in [-0.4, -0.2) is 26.2 Å². The van der Waals surface area contributed by atoms with E-state index in [1.165, 1.54) is 0 Å². The SMILES string of the molecule is COP(OC)c1ccccc1N1[C]N(C)C=C1. The van der Waals surface area contributed by atoms with Crippen molar-refractivity contribution < 1.29 is 9.05 Å². The summed E-state index contributed by atoms with van der Waals surface area (Å²) in [5, 5.41) is 1.04. The standard InChI is InChI=1S/C12H15N2O2P/c1-13-8-9-14(10-13)11-6-4-5-7-12(11)17(15-2)16-3/h4-9H,1-3H3. The van der Waals surface area contributed by atoms with Gasteiger partial charge in [0, 0.05) is 33.7 Å². The quantitative estimate of drug-likeness (QED) is 0.764. The van der Waals surface area contributed by atoms with Crippen LogP contribution in [0.15, 0.2) is 36.7 Å². The summed E-state index contributed by atoms with van der Waals surface area (Å²) < 4.78 is 10.7. The van der Waals surface area contributed by atoms with Crippen molar-refractivity contribution in [2.75, 3.05) is 26.2 Å². The molecule has 0 amide bonds. The largest absolute Gasteiger partial charge is 0.349 e. The van der Waals surface area contributed by atoms with Crippen LogP contribution in [0.4, 0.5) is 5.69 Å². The van der Waals surface area contributed by atoms with Gasteiger partial charge in [0.1, 0.15) is 0 Å². The summed E-state index contributed by atoms with van der Waals surface area (Å²) in [6.45, 7) is 3.17. The zero-order valence-corrected chi connectivity index (χ0v) is 11.0. The molecule has 0 spiro atoms. The molecule has 0 fully saturated rings. The lowest BCUT2D eigenvalue weighted by molar-refractivity contribution is 0.350. The van der Waals surface area contributed by atoms with E-state index in [2.05, 4.69) is 6.67 Å². The molecule has 0 saturated heterocycles. The van der Waals surface area contributed by atoms with E-state index >= 15 is 0 Å². The molecule has 4 nitrogen and oxygen atoms in total. The molecule has 1 aliphatic rings. The van der Waals surface area contributed by atoms with Gasteiger partial charge in [0.05, 0.1) is 11.0 Å². The molecular formula is C12H15N2O2P. The molecule has 1 aromatic carbocycles. The molecular weight excluding hydrogens is 235 g/mol. The fourth-order valence-electron chi connectivity index (χ4n) is 1.63. The Morgan fingerprint density at radius 1 is 1.12 bits per heavy atom. The van der Waals surface area contributed by atoms with E-state index in [1.54, 1.807) is 14.2 Å². The number of hydrogen-bond acceptors (Lipinski definition) is 4. The zero-order chi connectivity index (χ0) is 12.3. The van der Waals surface area contributed by atoms with Crippen LogP contribution in [0.1, 0.15) is 0 Å². The van der Waals surface area contributed by atoms with E-state index in [4.69, 9.17) is 9.05 Å². The van der Waals surface area contributed by atoms with Crippen LogP contribution in [0.2, 0.25) is 0 Å².